The van der Waals surface area contributed by atoms with Crippen molar-refractivity contribution >= 4 is 15.8 Å². The lowest BCUT2D eigenvalue weighted by molar-refractivity contribution is 0.101. The number of likely N-dealkylation sites (N-methyl/N-ethyl adjacent to an activating group) is 1. The molecule has 146 valence electrons. The Kier molecular flexibility index (Phi) is 7.34. The van der Waals surface area contributed by atoms with Crippen molar-refractivity contribution in [2.75, 3.05) is 39.8 Å². The van der Waals surface area contributed by atoms with E-state index in [1.165, 1.54) is 19.1 Å². The highest BCUT2D eigenvalue weighted by molar-refractivity contribution is 7.89. The number of nitrogens with zero attached hydrogens (tertiary/aromatic N) is 2. The SMILES string of the molecule is CC(=O)c1cccc(S(=O)(=O)NCC(CC(C)C)N2CCN(C)CC2)c1. The van der Waals surface area contributed by atoms with E-state index in [1.807, 2.05) is 0 Å². The van der Waals surface area contributed by atoms with Gasteiger partial charge in [-0.15, -0.1) is 0 Å². The van der Waals surface area contributed by atoms with E-state index in [0.717, 1.165) is 32.6 Å². The van der Waals surface area contributed by atoms with Crippen molar-refractivity contribution < 1.29 is 13.2 Å². The van der Waals surface area contributed by atoms with Gasteiger partial charge in [0.2, 0.25) is 10.0 Å². The van der Waals surface area contributed by atoms with E-state index in [2.05, 4.69) is 35.4 Å². The van der Waals surface area contributed by atoms with Crippen LogP contribution in [-0.2, 0) is 10.0 Å². The van der Waals surface area contributed by atoms with E-state index in [1.54, 1.807) is 12.1 Å². The highest BCUT2D eigenvalue weighted by atomic mass is 32.2. The molecule has 1 saturated heterocycles. The Hall–Kier alpha value is -1.28. The predicted molar refractivity (Wildman–Crippen MR) is 104 cm³/mol. The quantitative estimate of drug-likeness (QED) is 0.696. The highest BCUT2D eigenvalue weighted by Gasteiger charge is 2.25. The third kappa shape index (κ3) is 5.87. The first kappa shape index (κ1) is 21.0. The molecule has 0 radical (unpaired) electrons. The molecule has 1 heterocycles. The normalized spacial score (nSPS) is 18.2. The van der Waals surface area contributed by atoms with Gasteiger partial charge < -0.3 is 4.90 Å². The fourth-order valence-corrected chi connectivity index (χ4v) is 4.38. The van der Waals surface area contributed by atoms with E-state index >= 15 is 0 Å². The van der Waals surface area contributed by atoms with Crippen LogP contribution in [0.5, 0.6) is 0 Å². The third-order valence-electron chi connectivity index (χ3n) is 4.86. The van der Waals surface area contributed by atoms with Gasteiger partial charge in [0.1, 0.15) is 0 Å². The van der Waals surface area contributed by atoms with E-state index < -0.39 is 10.0 Å². The molecule has 0 bridgehead atoms. The number of piperazine rings is 1. The summed E-state index contributed by atoms with van der Waals surface area (Å²) in [7, 11) is -1.53. The van der Waals surface area contributed by atoms with Crippen LogP contribution in [0.15, 0.2) is 29.2 Å². The molecule has 1 atom stereocenters. The largest absolute Gasteiger partial charge is 0.304 e. The lowest BCUT2D eigenvalue weighted by Gasteiger charge is -2.38. The molecular weight excluding hydrogens is 350 g/mol. The van der Waals surface area contributed by atoms with Crippen molar-refractivity contribution in [3.63, 3.8) is 0 Å². The summed E-state index contributed by atoms with van der Waals surface area (Å²) in [6.45, 7) is 10.1. The lowest BCUT2D eigenvalue weighted by atomic mass is 10.0. The average molecular weight is 382 g/mol. The molecule has 2 rings (SSSR count). The molecule has 0 aliphatic carbocycles. The molecular formula is C19H31N3O3S. The maximum Gasteiger partial charge on any atom is 0.240 e. The second-order valence-corrected chi connectivity index (χ2v) is 9.33. The van der Waals surface area contributed by atoms with Crippen molar-refractivity contribution in [1.82, 2.24) is 14.5 Å². The van der Waals surface area contributed by atoms with Gasteiger partial charge >= 0.3 is 0 Å². The first-order chi connectivity index (χ1) is 12.2. The molecule has 1 unspecified atom stereocenters. The average Bonchev–Trinajstić information content (AvgIpc) is 2.59. The number of benzene rings is 1. The zero-order valence-electron chi connectivity index (χ0n) is 16.2. The summed E-state index contributed by atoms with van der Waals surface area (Å²) < 4.78 is 28.1. The van der Waals surface area contributed by atoms with E-state index in [9.17, 15) is 13.2 Å². The Morgan fingerprint density at radius 3 is 2.42 bits per heavy atom. The second kappa shape index (κ2) is 9.08. The van der Waals surface area contributed by atoms with Crippen molar-refractivity contribution in [2.45, 2.75) is 38.1 Å². The van der Waals surface area contributed by atoms with Gasteiger partial charge in [-0.1, -0.05) is 26.0 Å². The van der Waals surface area contributed by atoms with Crippen LogP contribution < -0.4 is 4.72 Å². The van der Waals surface area contributed by atoms with Gasteiger partial charge in [-0.2, -0.15) is 0 Å². The van der Waals surface area contributed by atoms with Crippen LogP contribution in [0, 0.1) is 5.92 Å². The van der Waals surface area contributed by atoms with Crippen molar-refractivity contribution in [1.29, 1.82) is 0 Å². The Morgan fingerprint density at radius 1 is 1.19 bits per heavy atom. The maximum atomic E-state index is 12.7. The minimum atomic E-state index is -3.64. The summed E-state index contributed by atoms with van der Waals surface area (Å²) in [6.07, 6.45) is 0.944. The predicted octanol–water partition coefficient (Wildman–Crippen LogP) is 1.83. The molecule has 0 amide bonds. The Balaban J connectivity index is 2.08. The number of sulfonamides is 1. The van der Waals surface area contributed by atoms with Crippen LogP contribution in [0.3, 0.4) is 0 Å². The summed E-state index contributed by atoms with van der Waals surface area (Å²) >= 11 is 0. The fourth-order valence-electron chi connectivity index (χ4n) is 3.26. The fraction of sp³-hybridized carbons (Fsp3) is 0.632. The van der Waals surface area contributed by atoms with Crippen LogP contribution in [0.1, 0.15) is 37.6 Å². The molecule has 1 aromatic rings. The zero-order chi connectivity index (χ0) is 19.3. The number of nitrogens with one attached hydrogen (secondary N) is 1. The molecule has 1 aliphatic rings. The van der Waals surface area contributed by atoms with E-state index in [0.29, 0.717) is 18.0 Å². The number of Topliss-reactive ketones (excluding diaryl/α,β-unsaturated/α-hetero) is 1. The minimum Gasteiger partial charge on any atom is -0.304 e. The molecule has 0 spiro atoms. The van der Waals surface area contributed by atoms with Gasteiger partial charge in [0, 0.05) is 44.3 Å². The van der Waals surface area contributed by atoms with Crippen LogP contribution in [-0.4, -0.2) is 69.8 Å². The number of hydrogen-bond donors (Lipinski definition) is 1. The third-order valence-corrected chi connectivity index (χ3v) is 6.28. The topological polar surface area (TPSA) is 69.7 Å². The van der Waals surface area contributed by atoms with Gasteiger partial charge in [-0.3, -0.25) is 9.69 Å². The molecule has 7 heteroatoms. The van der Waals surface area contributed by atoms with Crippen LogP contribution in [0.2, 0.25) is 0 Å². The summed E-state index contributed by atoms with van der Waals surface area (Å²) in [5.41, 5.74) is 0.408. The molecule has 0 saturated carbocycles. The number of carbonyl (C=O) groups excluding carboxylic acids is 1. The first-order valence-corrected chi connectivity index (χ1v) is 10.7. The first-order valence-electron chi connectivity index (χ1n) is 9.22. The standard InChI is InChI=1S/C19H31N3O3S/c1-15(2)12-18(22-10-8-21(4)9-11-22)14-20-26(24,25)19-7-5-6-17(13-19)16(3)23/h5-7,13,15,18,20H,8-12,14H2,1-4H3. The molecule has 1 N–H and O–H groups in total. The van der Waals surface area contributed by atoms with Crippen molar-refractivity contribution in [3.8, 4) is 0 Å². The molecule has 0 aromatic heterocycles. The Morgan fingerprint density at radius 2 is 1.85 bits per heavy atom. The van der Waals surface area contributed by atoms with Gasteiger partial charge in [0.25, 0.3) is 0 Å². The summed E-state index contributed by atoms with van der Waals surface area (Å²) in [6, 6.07) is 6.39. The van der Waals surface area contributed by atoms with E-state index in [4.69, 9.17) is 0 Å². The number of carbonyl (C=O) groups is 1. The van der Waals surface area contributed by atoms with Gasteiger partial charge in [-0.05, 0) is 38.4 Å². The number of ketones is 1. The molecule has 1 aromatic carbocycles. The van der Waals surface area contributed by atoms with Crippen LogP contribution in [0.25, 0.3) is 0 Å². The molecule has 26 heavy (non-hydrogen) atoms. The summed E-state index contributed by atoms with van der Waals surface area (Å²) in [4.78, 5) is 16.3. The summed E-state index contributed by atoms with van der Waals surface area (Å²) in [5.74, 6) is 0.349. The number of rotatable bonds is 8. The smallest absolute Gasteiger partial charge is 0.240 e. The van der Waals surface area contributed by atoms with Gasteiger partial charge in [0.05, 0.1) is 4.90 Å². The van der Waals surface area contributed by atoms with Gasteiger partial charge in [0.15, 0.2) is 5.78 Å². The molecule has 1 fully saturated rings. The van der Waals surface area contributed by atoms with Crippen molar-refractivity contribution in [2.24, 2.45) is 5.92 Å². The Bertz CT molecular complexity index is 710. The maximum absolute atomic E-state index is 12.7. The highest BCUT2D eigenvalue weighted by Crippen LogP contribution is 2.16. The van der Waals surface area contributed by atoms with Crippen LogP contribution >= 0.6 is 0 Å². The zero-order valence-corrected chi connectivity index (χ0v) is 17.1. The monoisotopic (exact) mass is 381 g/mol. The van der Waals surface area contributed by atoms with Crippen LogP contribution in [0.4, 0.5) is 0 Å². The second-order valence-electron chi connectivity index (χ2n) is 7.56. The van der Waals surface area contributed by atoms with Crippen molar-refractivity contribution in [3.05, 3.63) is 29.8 Å². The van der Waals surface area contributed by atoms with E-state index in [-0.39, 0.29) is 16.7 Å². The molecule has 6 nitrogen and oxygen atoms in total. The Labute approximate surface area is 157 Å². The molecule has 1 aliphatic heterocycles. The van der Waals surface area contributed by atoms with Gasteiger partial charge in [-0.25, -0.2) is 13.1 Å². The summed E-state index contributed by atoms with van der Waals surface area (Å²) in [5, 5.41) is 0. The lowest BCUT2D eigenvalue weighted by Crippen LogP contribution is -2.52. The number of hydrogen-bond acceptors (Lipinski definition) is 5. The minimum absolute atomic E-state index is 0.142.